The summed E-state index contributed by atoms with van der Waals surface area (Å²) in [4.78, 5) is 9.53. The minimum absolute atomic E-state index is 0.0780. The molecule has 3 N–H and O–H groups in total. The maximum absolute atomic E-state index is 7.43. The average molecular weight is 273 g/mol. The van der Waals surface area contributed by atoms with Gasteiger partial charge in [0.1, 0.15) is 11.7 Å². The first-order valence-electron chi connectivity index (χ1n) is 7.46. The quantitative estimate of drug-likeness (QED) is 0.632. The topological polar surface area (TPSA) is 69.2 Å². The lowest BCUT2D eigenvalue weighted by Gasteiger charge is -2.48. The number of rotatable bonds is 2. The number of pyridine rings is 1. The lowest BCUT2D eigenvalue weighted by atomic mass is 9.97. The Morgan fingerprint density at radius 2 is 2.20 bits per heavy atom. The third-order valence-electron chi connectivity index (χ3n) is 4.54. The molecule has 2 saturated heterocycles. The van der Waals surface area contributed by atoms with Crippen LogP contribution in [0.2, 0.25) is 0 Å². The van der Waals surface area contributed by atoms with Crippen molar-refractivity contribution in [3.63, 3.8) is 0 Å². The molecule has 5 heteroatoms. The van der Waals surface area contributed by atoms with Gasteiger partial charge < -0.3 is 10.6 Å². The van der Waals surface area contributed by atoms with Crippen LogP contribution in [-0.4, -0.2) is 47.4 Å². The Kier molecular flexibility index (Phi) is 3.61. The summed E-state index contributed by atoms with van der Waals surface area (Å²) < 4.78 is 0. The van der Waals surface area contributed by atoms with Crippen molar-refractivity contribution in [2.45, 2.75) is 38.3 Å². The van der Waals surface area contributed by atoms with Gasteiger partial charge in [0, 0.05) is 36.9 Å². The van der Waals surface area contributed by atoms with Crippen molar-refractivity contribution < 1.29 is 0 Å². The zero-order valence-corrected chi connectivity index (χ0v) is 12.0. The van der Waals surface area contributed by atoms with Crippen molar-refractivity contribution in [3.8, 4) is 0 Å². The van der Waals surface area contributed by atoms with Crippen molar-refractivity contribution in [1.82, 2.24) is 9.88 Å². The minimum atomic E-state index is 0.0780. The van der Waals surface area contributed by atoms with E-state index in [2.05, 4.69) is 21.7 Å². The average Bonchev–Trinajstić information content (AvgIpc) is 2.46. The monoisotopic (exact) mass is 273 g/mol. The van der Waals surface area contributed by atoms with Gasteiger partial charge >= 0.3 is 0 Å². The first kappa shape index (κ1) is 13.4. The Morgan fingerprint density at radius 1 is 1.35 bits per heavy atom. The van der Waals surface area contributed by atoms with Gasteiger partial charge in [-0.15, -0.1) is 0 Å². The van der Waals surface area contributed by atoms with Gasteiger partial charge in [-0.3, -0.25) is 10.3 Å². The lowest BCUT2D eigenvalue weighted by Crippen LogP contribution is -2.59. The number of piperazine rings is 1. The van der Waals surface area contributed by atoms with Crippen LogP contribution in [0.1, 0.15) is 31.7 Å². The molecule has 0 saturated carbocycles. The van der Waals surface area contributed by atoms with Crippen LogP contribution in [0.15, 0.2) is 18.3 Å². The molecular formula is C15H23N5. The Labute approximate surface area is 120 Å². The molecule has 0 aliphatic carbocycles. The third kappa shape index (κ3) is 2.50. The molecule has 108 valence electrons. The molecule has 1 aromatic rings. The number of fused-ring (bicyclic) bond motifs is 1. The summed E-state index contributed by atoms with van der Waals surface area (Å²) in [5.41, 5.74) is 6.17. The molecule has 0 bridgehead atoms. The van der Waals surface area contributed by atoms with E-state index in [0.29, 0.717) is 17.6 Å². The molecule has 0 radical (unpaired) electrons. The van der Waals surface area contributed by atoms with E-state index >= 15 is 0 Å². The maximum atomic E-state index is 7.43. The highest BCUT2D eigenvalue weighted by molar-refractivity contribution is 5.94. The zero-order chi connectivity index (χ0) is 14.1. The van der Waals surface area contributed by atoms with Gasteiger partial charge in [-0.2, -0.15) is 0 Å². The normalized spacial score (nSPS) is 27.1. The van der Waals surface area contributed by atoms with Crippen LogP contribution < -0.4 is 10.6 Å². The summed E-state index contributed by atoms with van der Waals surface area (Å²) in [5, 5.41) is 7.43. The molecule has 3 heterocycles. The van der Waals surface area contributed by atoms with E-state index in [1.165, 1.54) is 25.8 Å². The minimum Gasteiger partial charge on any atom is -0.384 e. The molecule has 2 fully saturated rings. The Bertz CT molecular complexity index is 484. The zero-order valence-electron chi connectivity index (χ0n) is 12.0. The summed E-state index contributed by atoms with van der Waals surface area (Å²) in [6.07, 6.45) is 5.70. The van der Waals surface area contributed by atoms with E-state index in [1.807, 2.05) is 12.1 Å². The Hall–Kier alpha value is -1.62. The van der Waals surface area contributed by atoms with Crippen LogP contribution in [0, 0.1) is 5.41 Å². The summed E-state index contributed by atoms with van der Waals surface area (Å²) in [5.74, 6) is 1.09. The molecule has 0 aromatic carbocycles. The SMILES string of the molecule is CC1CN2CCCCC2CN1c1ccc(C(=N)N)cn1. The van der Waals surface area contributed by atoms with Crippen molar-refractivity contribution in [2.24, 2.45) is 5.73 Å². The molecule has 5 nitrogen and oxygen atoms in total. The van der Waals surface area contributed by atoms with E-state index < -0.39 is 0 Å². The summed E-state index contributed by atoms with van der Waals surface area (Å²) in [6.45, 7) is 5.71. The number of nitrogens with one attached hydrogen (secondary N) is 1. The number of aromatic nitrogens is 1. The van der Waals surface area contributed by atoms with Crippen LogP contribution in [-0.2, 0) is 0 Å². The number of nitrogen functional groups attached to an aromatic ring is 1. The first-order chi connectivity index (χ1) is 9.65. The fourth-order valence-electron chi connectivity index (χ4n) is 3.39. The van der Waals surface area contributed by atoms with Gasteiger partial charge in [-0.1, -0.05) is 6.42 Å². The molecule has 0 amide bonds. The van der Waals surface area contributed by atoms with Crippen LogP contribution in [0.3, 0.4) is 0 Å². The number of nitrogens with zero attached hydrogens (tertiary/aromatic N) is 3. The van der Waals surface area contributed by atoms with Gasteiger partial charge in [0.25, 0.3) is 0 Å². The van der Waals surface area contributed by atoms with Gasteiger partial charge in [0.05, 0.1) is 0 Å². The van der Waals surface area contributed by atoms with E-state index in [1.54, 1.807) is 6.20 Å². The highest BCUT2D eigenvalue weighted by Gasteiger charge is 2.33. The van der Waals surface area contributed by atoms with Crippen molar-refractivity contribution in [1.29, 1.82) is 5.41 Å². The third-order valence-corrected chi connectivity index (χ3v) is 4.54. The highest BCUT2D eigenvalue weighted by Crippen LogP contribution is 2.27. The van der Waals surface area contributed by atoms with Gasteiger partial charge in [0.15, 0.2) is 0 Å². The molecule has 2 aliphatic heterocycles. The standard InChI is InChI=1S/C15H23N5/c1-11-9-19-7-3-2-4-13(19)10-20(11)14-6-5-12(8-18-14)15(16)17/h5-6,8,11,13H,2-4,7,9-10H2,1H3,(H3,16,17). The number of anilines is 1. The van der Waals surface area contributed by atoms with Crippen LogP contribution in [0.4, 0.5) is 5.82 Å². The molecule has 0 spiro atoms. The fraction of sp³-hybridized carbons (Fsp3) is 0.600. The number of hydrogen-bond acceptors (Lipinski definition) is 4. The molecule has 1 aromatic heterocycles. The van der Waals surface area contributed by atoms with Crippen LogP contribution >= 0.6 is 0 Å². The van der Waals surface area contributed by atoms with E-state index in [9.17, 15) is 0 Å². The molecule has 3 rings (SSSR count). The van der Waals surface area contributed by atoms with E-state index in [0.717, 1.165) is 18.9 Å². The number of amidine groups is 1. The second kappa shape index (κ2) is 5.40. The molecule has 20 heavy (non-hydrogen) atoms. The van der Waals surface area contributed by atoms with Crippen molar-refractivity contribution in [3.05, 3.63) is 23.9 Å². The van der Waals surface area contributed by atoms with Crippen molar-refractivity contribution >= 4 is 11.7 Å². The predicted molar refractivity (Wildman–Crippen MR) is 81.3 cm³/mol. The second-order valence-electron chi connectivity index (χ2n) is 5.96. The van der Waals surface area contributed by atoms with E-state index in [-0.39, 0.29) is 5.84 Å². The van der Waals surface area contributed by atoms with Crippen LogP contribution in [0.25, 0.3) is 0 Å². The lowest BCUT2D eigenvalue weighted by molar-refractivity contribution is 0.115. The Balaban J connectivity index is 1.77. The number of piperidine rings is 1. The summed E-state index contributed by atoms with van der Waals surface area (Å²) in [7, 11) is 0. The number of hydrogen-bond donors (Lipinski definition) is 2. The molecule has 2 atom stereocenters. The van der Waals surface area contributed by atoms with E-state index in [4.69, 9.17) is 11.1 Å². The number of nitrogens with two attached hydrogens (primary N) is 1. The molecule has 2 unspecified atom stereocenters. The molecule has 2 aliphatic rings. The second-order valence-corrected chi connectivity index (χ2v) is 5.96. The van der Waals surface area contributed by atoms with Crippen LogP contribution in [0.5, 0.6) is 0 Å². The smallest absolute Gasteiger partial charge is 0.128 e. The maximum Gasteiger partial charge on any atom is 0.128 e. The van der Waals surface area contributed by atoms with Gasteiger partial charge in [0.2, 0.25) is 0 Å². The first-order valence-corrected chi connectivity index (χ1v) is 7.46. The fourth-order valence-corrected chi connectivity index (χ4v) is 3.39. The Morgan fingerprint density at radius 3 is 2.90 bits per heavy atom. The van der Waals surface area contributed by atoms with Crippen molar-refractivity contribution in [2.75, 3.05) is 24.5 Å². The van der Waals surface area contributed by atoms with Gasteiger partial charge in [-0.05, 0) is 38.4 Å². The predicted octanol–water partition coefficient (Wildman–Crippen LogP) is 1.43. The summed E-state index contributed by atoms with van der Waals surface area (Å²) in [6, 6.07) is 5.05. The van der Waals surface area contributed by atoms with Gasteiger partial charge in [-0.25, -0.2) is 4.98 Å². The largest absolute Gasteiger partial charge is 0.384 e. The highest BCUT2D eigenvalue weighted by atomic mass is 15.3. The summed E-state index contributed by atoms with van der Waals surface area (Å²) >= 11 is 0. The molecular weight excluding hydrogens is 250 g/mol.